The number of hydrogen-bond donors (Lipinski definition) is 5. The van der Waals surface area contributed by atoms with E-state index in [1.54, 1.807) is 12.1 Å². The number of ether oxygens (including phenoxy) is 2. The molecule has 0 saturated carbocycles. The molecule has 4 rings (SSSR count). The Hall–Kier alpha value is -3.21. The SMILES string of the molecule is COc1cc(O)c(C(=O)/C=C/c2cc3ccccc3o2)cc1C1OC(CO)C(O)C(O)C1O. The third kappa shape index (κ3) is 4.37. The molecule has 0 radical (unpaired) electrons. The molecular formula is C24H24O9. The van der Waals surface area contributed by atoms with Gasteiger partial charge in [0.15, 0.2) is 5.78 Å². The van der Waals surface area contributed by atoms with Crippen LogP contribution in [0.5, 0.6) is 11.5 Å². The van der Waals surface area contributed by atoms with Crippen LogP contribution in [-0.2, 0) is 4.74 Å². The molecule has 3 aromatic rings. The third-order valence-corrected chi connectivity index (χ3v) is 5.66. The number of rotatable bonds is 6. The van der Waals surface area contributed by atoms with Crippen LogP contribution in [0, 0.1) is 0 Å². The van der Waals surface area contributed by atoms with Crippen molar-refractivity contribution in [1.82, 2.24) is 0 Å². The van der Waals surface area contributed by atoms with Crippen LogP contribution in [-0.4, -0.2) is 69.4 Å². The van der Waals surface area contributed by atoms with Gasteiger partial charge >= 0.3 is 0 Å². The maximum atomic E-state index is 12.8. The number of ketones is 1. The maximum Gasteiger partial charge on any atom is 0.189 e. The second-order valence-corrected chi connectivity index (χ2v) is 7.74. The summed E-state index contributed by atoms with van der Waals surface area (Å²) in [6, 6.07) is 11.6. The molecule has 174 valence electrons. The number of hydrogen-bond acceptors (Lipinski definition) is 9. The van der Waals surface area contributed by atoms with Gasteiger partial charge in [0.1, 0.15) is 53.4 Å². The first kappa shape index (κ1) is 23.0. The molecule has 9 nitrogen and oxygen atoms in total. The lowest BCUT2D eigenvalue weighted by molar-refractivity contribution is -0.232. The zero-order chi connectivity index (χ0) is 23.7. The Morgan fingerprint density at radius 3 is 2.55 bits per heavy atom. The number of aliphatic hydroxyl groups is 4. The summed E-state index contributed by atoms with van der Waals surface area (Å²) in [4.78, 5) is 12.8. The van der Waals surface area contributed by atoms with Crippen molar-refractivity contribution in [2.24, 2.45) is 0 Å². The van der Waals surface area contributed by atoms with Crippen LogP contribution in [0.25, 0.3) is 17.0 Å². The van der Waals surface area contributed by atoms with Crippen molar-refractivity contribution in [3.63, 3.8) is 0 Å². The summed E-state index contributed by atoms with van der Waals surface area (Å²) in [5.74, 6) is -0.373. The van der Waals surface area contributed by atoms with Crippen LogP contribution in [0.2, 0.25) is 0 Å². The summed E-state index contributed by atoms with van der Waals surface area (Å²) in [7, 11) is 1.32. The molecule has 0 amide bonds. The fourth-order valence-electron chi connectivity index (χ4n) is 3.87. The molecular weight excluding hydrogens is 432 g/mol. The Labute approximate surface area is 188 Å². The molecule has 9 heteroatoms. The van der Waals surface area contributed by atoms with Crippen LogP contribution in [0.15, 0.2) is 53.0 Å². The Morgan fingerprint density at radius 1 is 1.09 bits per heavy atom. The topological polar surface area (TPSA) is 150 Å². The van der Waals surface area contributed by atoms with E-state index >= 15 is 0 Å². The van der Waals surface area contributed by atoms with Crippen molar-refractivity contribution in [1.29, 1.82) is 0 Å². The molecule has 1 saturated heterocycles. The first-order chi connectivity index (χ1) is 15.8. The number of benzene rings is 2. The van der Waals surface area contributed by atoms with Crippen molar-refractivity contribution in [3.8, 4) is 11.5 Å². The van der Waals surface area contributed by atoms with Crippen LogP contribution >= 0.6 is 0 Å². The van der Waals surface area contributed by atoms with E-state index in [0.29, 0.717) is 11.3 Å². The number of allylic oxidation sites excluding steroid dienone is 1. The average Bonchev–Trinajstić information content (AvgIpc) is 3.24. The summed E-state index contributed by atoms with van der Waals surface area (Å²) in [6.07, 6.45) is -4.38. The number of furan rings is 1. The normalized spacial score (nSPS) is 25.5. The second kappa shape index (κ2) is 9.34. The monoisotopic (exact) mass is 456 g/mol. The average molecular weight is 456 g/mol. The number of aliphatic hydroxyl groups excluding tert-OH is 4. The summed E-state index contributed by atoms with van der Waals surface area (Å²) in [5, 5.41) is 51.3. The first-order valence-electron chi connectivity index (χ1n) is 10.3. The lowest BCUT2D eigenvalue weighted by Crippen LogP contribution is -2.55. The minimum absolute atomic E-state index is 0.0923. The minimum Gasteiger partial charge on any atom is -0.507 e. The van der Waals surface area contributed by atoms with E-state index in [-0.39, 0.29) is 22.6 Å². The summed E-state index contributed by atoms with van der Waals surface area (Å²) in [5.41, 5.74) is 0.726. The zero-order valence-electron chi connectivity index (χ0n) is 17.7. The molecule has 0 aliphatic carbocycles. The Morgan fingerprint density at radius 2 is 1.85 bits per heavy atom. The predicted octanol–water partition coefficient (Wildman–Crippen LogP) is 1.56. The van der Waals surface area contributed by atoms with E-state index < -0.39 is 42.9 Å². The number of para-hydroxylation sites is 1. The van der Waals surface area contributed by atoms with Gasteiger partial charge in [0.25, 0.3) is 0 Å². The number of aromatic hydroxyl groups is 1. The van der Waals surface area contributed by atoms with E-state index in [1.165, 1.54) is 31.4 Å². The summed E-state index contributed by atoms with van der Waals surface area (Å²) < 4.78 is 16.5. The van der Waals surface area contributed by atoms with Crippen LogP contribution in [0.3, 0.4) is 0 Å². The lowest BCUT2D eigenvalue weighted by atomic mass is 9.89. The van der Waals surface area contributed by atoms with E-state index in [0.717, 1.165) is 5.39 Å². The van der Waals surface area contributed by atoms with Crippen molar-refractivity contribution in [2.75, 3.05) is 13.7 Å². The second-order valence-electron chi connectivity index (χ2n) is 7.74. The van der Waals surface area contributed by atoms with E-state index in [1.807, 2.05) is 18.2 Å². The number of phenols is 1. The quantitative estimate of drug-likeness (QED) is 0.275. The molecule has 0 spiro atoms. The Kier molecular flexibility index (Phi) is 6.50. The summed E-state index contributed by atoms with van der Waals surface area (Å²) in [6.45, 7) is -0.603. The maximum absolute atomic E-state index is 12.8. The zero-order valence-corrected chi connectivity index (χ0v) is 17.7. The highest BCUT2D eigenvalue weighted by Crippen LogP contribution is 2.40. The van der Waals surface area contributed by atoms with Gasteiger partial charge in [-0.25, -0.2) is 0 Å². The standard InChI is InChI=1S/C24H24O9/c1-31-19-10-17(27)14(9-15(19)24-23(30)22(29)21(28)20(11-25)33-24)16(26)7-6-13-8-12-4-2-3-5-18(12)32-13/h2-10,20-25,27-30H,11H2,1H3/b7-6+. The van der Waals surface area contributed by atoms with E-state index in [9.17, 15) is 30.3 Å². The third-order valence-electron chi connectivity index (χ3n) is 5.66. The van der Waals surface area contributed by atoms with Crippen molar-refractivity contribution < 1.29 is 44.2 Å². The highest BCUT2D eigenvalue weighted by Gasteiger charge is 2.45. The number of carbonyl (C=O) groups is 1. The van der Waals surface area contributed by atoms with E-state index in [2.05, 4.69) is 0 Å². The lowest BCUT2D eigenvalue weighted by Gasteiger charge is -2.40. The van der Waals surface area contributed by atoms with Gasteiger partial charge in [-0.15, -0.1) is 0 Å². The molecule has 5 N–H and O–H groups in total. The number of phenolic OH excluding ortho intramolecular Hbond substituents is 1. The number of methoxy groups -OCH3 is 1. The number of fused-ring (bicyclic) bond motifs is 1. The molecule has 33 heavy (non-hydrogen) atoms. The fourth-order valence-corrected chi connectivity index (χ4v) is 3.87. The molecule has 0 bridgehead atoms. The Bertz CT molecular complexity index is 1150. The van der Waals surface area contributed by atoms with Gasteiger partial charge in [-0.05, 0) is 30.4 Å². The molecule has 5 unspecified atom stereocenters. The fraction of sp³-hybridized carbons (Fsp3) is 0.292. The molecule has 1 aliphatic heterocycles. The van der Waals surface area contributed by atoms with Crippen LogP contribution < -0.4 is 4.74 Å². The van der Waals surface area contributed by atoms with Gasteiger partial charge in [0.2, 0.25) is 0 Å². The van der Waals surface area contributed by atoms with Gasteiger partial charge in [-0.1, -0.05) is 18.2 Å². The smallest absolute Gasteiger partial charge is 0.189 e. The minimum atomic E-state index is -1.61. The molecule has 2 aromatic carbocycles. The van der Waals surface area contributed by atoms with Crippen LogP contribution in [0.4, 0.5) is 0 Å². The van der Waals surface area contributed by atoms with Crippen molar-refractivity contribution >= 4 is 22.8 Å². The Balaban J connectivity index is 1.66. The van der Waals surface area contributed by atoms with Gasteiger partial charge in [0.05, 0.1) is 19.3 Å². The van der Waals surface area contributed by atoms with E-state index in [4.69, 9.17) is 13.9 Å². The highest BCUT2D eigenvalue weighted by molar-refractivity contribution is 6.08. The van der Waals surface area contributed by atoms with Crippen molar-refractivity contribution in [2.45, 2.75) is 30.5 Å². The first-order valence-corrected chi connectivity index (χ1v) is 10.3. The summed E-state index contributed by atoms with van der Waals surface area (Å²) >= 11 is 0. The highest BCUT2D eigenvalue weighted by atomic mass is 16.5. The largest absolute Gasteiger partial charge is 0.507 e. The molecule has 5 atom stereocenters. The molecule has 1 fully saturated rings. The van der Waals surface area contributed by atoms with Gasteiger partial charge < -0.3 is 39.4 Å². The van der Waals surface area contributed by atoms with Gasteiger partial charge in [-0.2, -0.15) is 0 Å². The number of carbonyl (C=O) groups excluding carboxylic acids is 1. The molecule has 1 aliphatic rings. The molecule has 1 aromatic heterocycles. The van der Waals surface area contributed by atoms with Gasteiger partial charge in [0, 0.05) is 17.0 Å². The predicted molar refractivity (Wildman–Crippen MR) is 117 cm³/mol. The van der Waals surface area contributed by atoms with Gasteiger partial charge in [-0.3, -0.25) is 4.79 Å². The van der Waals surface area contributed by atoms with Crippen molar-refractivity contribution in [3.05, 3.63) is 65.4 Å². The van der Waals surface area contributed by atoms with Crippen LogP contribution in [0.1, 0.15) is 27.8 Å². The molecule has 2 heterocycles.